The number of hydrogen-bond acceptors (Lipinski definition) is 1. The van der Waals surface area contributed by atoms with Gasteiger partial charge in [0.15, 0.2) is 0 Å². The molecule has 1 aromatic carbocycles. The van der Waals surface area contributed by atoms with Crippen LogP contribution in [0.4, 0.5) is 4.39 Å². The van der Waals surface area contributed by atoms with Gasteiger partial charge in [-0.15, -0.1) is 0 Å². The quantitative estimate of drug-likeness (QED) is 0.706. The van der Waals surface area contributed by atoms with E-state index in [-0.39, 0.29) is 11.1 Å². The van der Waals surface area contributed by atoms with Crippen LogP contribution in [-0.4, -0.2) is 0 Å². The molecule has 0 saturated heterocycles. The summed E-state index contributed by atoms with van der Waals surface area (Å²) >= 11 is 7.32. The maximum Gasteiger partial charge on any atom is 0.128 e. The Labute approximate surface area is 79.3 Å². The topological polar surface area (TPSA) is 0 Å². The molecule has 0 aliphatic heterocycles. The van der Waals surface area contributed by atoms with E-state index in [1.54, 1.807) is 6.07 Å². The van der Waals surface area contributed by atoms with Crippen molar-refractivity contribution in [1.82, 2.24) is 0 Å². The molecule has 0 fully saturated rings. The molecule has 0 nitrogen and oxygen atoms in total. The monoisotopic (exact) mass is 234 g/mol. The van der Waals surface area contributed by atoms with E-state index in [9.17, 15) is 4.39 Å². The van der Waals surface area contributed by atoms with Gasteiger partial charge in [0.1, 0.15) is 5.82 Å². The zero-order valence-corrected chi connectivity index (χ0v) is 8.49. The first-order chi connectivity index (χ1) is 5.11. The lowest BCUT2D eigenvalue weighted by Gasteiger charge is -2.05. The molecule has 0 aliphatic carbocycles. The molecule has 0 aliphatic rings. The Hall–Kier alpha value is -0.0200. The SMILES string of the molecule is CC(S)c1ccc(Br)cc1F. The summed E-state index contributed by atoms with van der Waals surface area (Å²) in [4.78, 5) is 0. The number of thiol groups is 1. The molecule has 0 aromatic heterocycles. The fraction of sp³-hybridized carbons (Fsp3) is 0.250. The van der Waals surface area contributed by atoms with E-state index >= 15 is 0 Å². The second kappa shape index (κ2) is 3.59. The summed E-state index contributed by atoms with van der Waals surface area (Å²) < 4.78 is 13.8. The van der Waals surface area contributed by atoms with Gasteiger partial charge in [-0.25, -0.2) is 4.39 Å². The van der Waals surface area contributed by atoms with E-state index in [1.165, 1.54) is 6.07 Å². The van der Waals surface area contributed by atoms with Crippen LogP contribution >= 0.6 is 28.6 Å². The highest BCUT2D eigenvalue weighted by molar-refractivity contribution is 9.10. The average molecular weight is 235 g/mol. The number of rotatable bonds is 1. The normalized spacial score (nSPS) is 13.1. The molecule has 60 valence electrons. The first-order valence-corrected chi connectivity index (χ1v) is 4.55. The Morgan fingerprint density at radius 3 is 2.64 bits per heavy atom. The highest BCUT2D eigenvalue weighted by Crippen LogP contribution is 2.24. The lowest BCUT2D eigenvalue weighted by Crippen LogP contribution is -1.89. The summed E-state index contributed by atoms with van der Waals surface area (Å²) in [5, 5.41) is -0.0527. The lowest BCUT2D eigenvalue weighted by molar-refractivity contribution is 0.610. The highest BCUT2D eigenvalue weighted by atomic mass is 79.9. The van der Waals surface area contributed by atoms with Crippen LogP contribution in [0.5, 0.6) is 0 Å². The summed E-state index contributed by atoms with van der Waals surface area (Å²) in [5.74, 6) is -0.207. The van der Waals surface area contributed by atoms with Gasteiger partial charge in [-0.2, -0.15) is 12.6 Å². The third-order valence-electron chi connectivity index (χ3n) is 1.41. The van der Waals surface area contributed by atoms with Gasteiger partial charge in [0.05, 0.1) is 0 Å². The third-order valence-corrected chi connectivity index (χ3v) is 2.18. The van der Waals surface area contributed by atoms with E-state index in [2.05, 4.69) is 28.6 Å². The second-order valence-corrected chi connectivity index (χ2v) is 4.03. The first-order valence-electron chi connectivity index (χ1n) is 3.24. The van der Waals surface area contributed by atoms with Gasteiger partial charge in [-0.1, -0.05) is 22.0 Å². The molecular weight excluding hydrogens is 227 g/mol. The number of hydrogen-bond donors (Lipinski definition) is 1. The van der Waals surface area contributed by atoms with Crippen LogP contribution in [0.1, 0.15) is 17.7 Å². The second-order valence-electron chi connectivity index (χ2n) is 2.34. The highest BCUT2D eigenvalue weighted by Gasteiger charge is 2.05. The van der Waals surface area contributed by atoms with Crippen LogP contribution < -0.4 is 0 Å². The maximum absolute atomic E-state index is 13.0. The van der Waals surface area contributed by atoms with Gasteiger partial charge in [-0.3, -0.25) is 0 Å². The smallest absolute Gasteiger partial charge is 0.128 e. The van der Waals surface area contributed by atoms with E-state index < -0.39 is 0 Å². The first kappa shape index (κ1) is 9.07. The molecule has 3 heteroatoms. The summed E-state index contributed by atoms with van der Waals surface area (Å²) in [6, 6.07) is 4.99. The van der Waals surface area contributed by atoms with Crippen molar-refractivity contribution in [2.45, 2.75) is 12.2 Å². The minimum Gasteiger partial charge on any atom is -0.207 e. The Kier molecular flexibility index (Phi) is 2.96. The lowest BCUT2D eigenvalue weighted by atomic mass is 10.1. The van der Waals surface area contributed by atoms with Crippen LogP contribution in [-0.2, 0) is 0 Å². The minimum atomic E-state index is -0.207. The zero-order valence-electron chi connectivity index (χ0n) is 6.01. The molecule has 0 amide bonds. The molecular formula is C8H8BrFS. The average Bonchev–Trinajstić information content (AvgIpc) is 1.85. The molecule has 1 unspecified atom stereocenters. The predicted molar refractivity (Wildman–Crippen MR) is 51.5 cm³/mol. The Bertz CT molecular complexity index is 260. The number of benzene rings is 1. The fourth-order valence-electron chi connectivity index (χ4n) is 0.840. The fourth-order valence-corrected chi connectivity index (χ4v) is 1.38. The van der Waals surface area contributed by atoms with Crippen molar-refractivity contribution in [2.75, 3.05) is 0 Å². The molecule has 1 aromatic rings. The Balaban J connectivity index is 3.09. The van der Waals surface area contributed by atoms with Gasteiger partial charge >= 0.3 is 0 Å². The van der Waals surface area contributed by atoms with E-state index in [0.29, 0.717) is 5.56 Å². The molecule has 1 atom stereocenters. The van der Waals surface area contributed by atoms with Crippen LogP contribution in [0.15, 0.2) is 22.7 Å². The van der Waals surface area contributed by atoms with Crippen LogP contribution in [0, 0.1) is 5.82 Å². The summed E-state index contributed by atoms with van der Waals surface area (Å²) in [6.07, 6.45) is 0. The van der Waals surface area contributed by atoms with Crippen LogP contribution in [0.3, 0.4) is 0 Å². The van der Waals surface area contributed by atoms with Gasteiger partial charge in [0.25, 0.3) is 0 Å². The van der Waals surface area contributed by atoms with Crippen molar-refractivity contribution in [3.8, 4) is 0 Å². The molecule has 0 spiro atoms. The van der Waals surface area contributed by atoms with Crippen molar-refractivity contribution < 1.29 is 4.39 Å². The molecule has 1 rings (SSSR count). The Morgan fingerprint density at radius 2 is 2.18 bits per heavy atom. The standard InChI is InChI=1S/C8H8BrFS/c1-5(11)7-3-2-6(9)4-8(7)10/h2-5,11H,1H3. The maximum atomic E-state index is 13.0. The van der Waals surface area contributed by atoms with E-state index in [4.69, 9.17) is 0 Å². The summed E-state index contributed by atoms with van der Waals surface area (Å²) in [5.41, 5.74) is 0.636. The summed E-state index contributed by atoms with van der Waals surface area (Å²) in [6.45, 7) is 1.84. The minimum absolute atomic E-state index is 0.0527. The van der Waals surface area contributed by atoms with Crippen molar-refractivity contribution in [1.29, 1.82) is 0 Å². The van der Waals surface area contributed by atoms with Crippen molar-refractivity contribution in [2.24, 2.45) is 0 Å². The van der Waals surface area contributed by atoms with E-state index in [0.717, 1.165) is 4.47 Å². The molecule has 0 saturated carbocycles. The van der Waals surface area contributed by atoms with Crippen LogP contribution in [0.2, 0.25) is 0 Å². The largest absolute Gasteiger partial charge is 0.207 e. The van der Waals surface area contributed by atoms with Gasteiger partial charge in [0, 0.05) is 15.3 Å². The van der Waals surface area contributed by atoms with Gasteiger partial charge in [0.2, 0.25) is 0 Å². The zero-order chi connectivity index (χ0) is 8.43. The molecule has 0 radical (unpaired) electrons. The van der Waals surface area contributed by atoms with E-state index in [1.807, 2.05) is 13.0 Å². The van der Waals surface area contributed by atoms with Gasteiger partial charge in [-0.05, 0) is 19.1 Å². The predicted octanol–water partition coefficient (Wildman–Crippen LogP) is 3.58. The molecule has 0 bridgehead atoms. The van der Waals surface area contributed by atoms with Crippen molar-refractivity contribution in [3.63, 3.8) is 0 Å². The molecule has 11 heavy (non-hydrogen) atoms. The van der Waals surface area contributed by atoms with Crippen LogP contribution in [0.25, 0.3) is 0 Å². The number of halogens is 2. The summed E-state index contributed by atoms with van der Waals surface area (Å²) in [7, 11) is 0. The van der Waals surface area contributed by atoms with Crippen molar-refractivity contribution in [3.05, 3.63) is 34.1 Å². The van der Waals surface area contributed by atoms with Crippen molar-refractivity contribution >= 4 is 28.6 Å². The third kappa shape index (κ3) is 2.20. The molecule has 0 heterocycles. The van der Waals surface area contributed by atoms with Gasteiger partial charge < -0.3 is 0 Å². The Morgan fingerprint density at radius 1 is 1.55 bits per heavy atom. The molecule has 0 N–H and O–H groups in total.